The molecule has 1 aliphatic carbocycles. The van der Waals surface area contributed by atoms with Gasteiger partial charge in [0.1, 0.15) is 11.5 Å². The summed E-state index contributed by atoms with van der Waals surface area (Å²) in [4.78, 5) is 6.21. The van der Waals surface area contributed by atoms with Crippen LogP contribution in [0.3, 0.4) is 0 Å². The molecule has 5 unspecified atom stereocenters. The first-order valence-corrected chi connectivity index (χ1v) is 13.5. The Morgan fingerprint density at radius 2 is 1.76 bits per heavy atom. The molecule has 0 bridgehead atoms. The number of aliphatic hydroxyl groups is 2. The first kappa shape index (κ1) is 25.7. The molecule has 9 heteroatoms. The summed E-state index contributed by atoms with van der Waals surface area (Å²) in [5.74, 6) is -3.09. The van der Waals surface area contributed by atoms with E-state index in [1.54, 1.807) is 0 Å². The van der Waals surface area contributed by atoms with E-state index >= 15 is 0 Å². The van der Waals surface area contributed by atoms with Crippen molar-refractivity contribution in [2.24, 2.45) is 5.92 Å². The number of aromatic nitrogens is 1. The molecule has 3 aromatic rings. The number of rotatable bonds is 5. The van der Waals surface area contributed by atoms with Gasteiger partial charge in [0.05, 0.1) is 31.2 Å². The van der Waals surface area contributed by atoms with Crippen LogP contribution in [0.1, 0.15) is 35.4 Å². The van der Waals surface area contributed by atoms with Crippen molar-refractivity contribution in [2.75, 3.05) is 26.7 Å². The topological polar surface area (TPSA) is 75.0 Å². The summed E-state index contributed by atoms with van der Waals surface area (Å²) in [6, 6.07) is 17.2. The average Bonchev–Trinajstić information content (AvgIpc) is 3.29. The van der Waals surface area contributed by atoms with Gasteiger partial charge in [-0.05, 0) is 23.3 Å². The van der Waals surface area contributed by atoms with Crippen molar-refractivity contribution in [1.29, 1.82) is 0 Å². The maximum absolute atomic E-state index is 14.0. The number of ether oxygens (including phenoxy) is 2. The fraction of sp³-hybridized carbons (Fsp3) is 0.414. The molecule has 2 aliphatic heterocycles. The number of methoxy groups -OCH3 is 1. The molecule has 5 atom stereocenters. The number of fused-ring (bicyclic) bond motifs is 3. The fourth-order valence-corrected chi connectivity index (χ4v) is 7.06. The van der Waals surface area contributed by atoms with Crippen molar-refractivity contribution in [2.45, 2.75) is 42.0 Å². The largest absolute Gasteiger partial charge is 0.495 e. The van der Waals surface area contributed by atoms with Gasteiger partial charge in [-0.25, -0.2) is 8.78 Å². The lowest BCUT2D eigenvalue weighted by molar-refractivity contribution is -0.152. The smallest absolute Gasteiger partial charge is 0.250 e. The van der Waals surface area contributed by atoms with E-state index in [-0.39, 0.29) is 25.9 Å². The highest BCUT2D eigenvalue weighted by Gasteiger charge is 2.76. The number of hydrogen-bond donors (Lipinski definition) is 2. The Morgan fingerprint density at radius 3 is 2.42 bits per heavy atom. The van der Waals surface area contributed by atoms with E-state index in [9.17, 15) is 19.0 Å². The van der Waals surface area contributed by atoms with E-state index in [1.165, 1.54) is 19.5 Å². The van der Waals surface area contributed by atoms with Gasteiger partial charge in [-0.15, -0.1) is 0 Å². The predicted molar refractivity (Wildman–Crippen MR) is 140 cm³/mol. The van der Waals surface area contributed by atoms with Gasteiger partial charge in [-0.2, -0.15) is 0 Å². The van der Waals surface area contributed by atoms with E-state index in [0.29, 0.717) is 29.2 Å². The van der Waals surface area contributed by atoms with E-state index in [4.69, 9.17) is 9.47 Å². The minimum atomic E-state index is -2.68. The van der Waals surface area contributed by atoms with Gasteiger partial charge in [0, 0.05) is 48.8 Å². The third-order valence-electron chi connectivity index (χ3n) is 8.50. The highest BCUT2D eigenvalue weighted by atomic mass is 79.9. The number of nitrogens with zero attached hydrogens (tertiary/aromatic N) is 2. The molecule has 2 N–H and O–H groups in total. The quantitative estimate of drug-likeness (QED) is 0.446. The standard InChI is InChI=1S/C29H29BrF2N2O4/c1-37-22-15-33-16-23-25(22)28(36)26(35)21(17-34-13-11-27(31,32)12-14-34)24(18-5-3-2-4-6-18)29(28,38-23)19-7-9-20(30)10-8-19/h2-10,15-16,21,24,26,35-36H,11-14,17H2,1H3. The number of halogens is 3. The Bertz CT molecular complexity index is 1320. The van der Waals surface area contributed by atoms with Crippen LogP contribution >= 0.6 is 15.9 Å². The molecule has 6 rings (SSSR count). The molecule has 3 heterocycles. The third-order valence-corrected chi connectivity index (χ3v) is 9.03. The van der Waals surface area contributed by atoms with Gasteiger partial charge < -0.3 is 24.6 Å². The zero-order valence-electron chi connectivity index (χ0n) is 20.9. The molecular weight excluding hydrogens is 558 g/mol. The van der Waals surface area contributed by atoms with Crippen LogP contribution in [0.25, 0.3) is 0 Å². The number of pyridine rings is 1. The van der Waals surface area contributed by atoms with Gasteiger partial charge in [0.15, 0.2) is 11.2 Å². The second-order valence-corrected chi connectivity index (χ2v) is 11.4. The van der Waals surface area contributed by atoms with Crippen molar-refractivity contribution >= 4 is 15.9 Å². The van der Waals surface area contributed by atoms with Crippen LogP contribution in [0, 0.1) is 5.92 Å². The SMILES string of the molecule is COc1cncc2c1C1(O)C(O)C(CN3CCC(F)(F)CC3)C(c3ccccc3)C1(c1ccc(Br)cc1)O2. The maximum Gasteiger partial charge on any atom is 0.250 e. The molecule has 38 heavy (non-hydrogen) atoms. The lowest BCUT2D eigenvalue weighted by atomic mass is 9.70. The van der Waals surface area contributed by atoms with Crippen molar-refractivity contribution in [3.8, 4) is 11.5 Å². The van der Waals surface area contributed by atoms with Crippen molar-refractivity contribution < 1.29 is 28.5 Å². The summed E-state index contributed by atoms with van der Waals surface area (Å²) >= 11 is 3.50. The van der Waals surface area contributed by atoms with E-state index in [2.05, 4.69) is 20.9 Å². The average molecular weight is 587 g/mol. The van der Waals surface area contributed by atoms with Crippen molar-refractivity contribution in [1.82, 2.24) is 9.88 Å². The molecule has 1 saturated carbocycles. The van der Waals surface area contributed by atoms with Gasteiger partial charge in [-0.3, -0.25) is 4.98 Å². The summed E-state index contributed by atoms with van der Waals surface area (Å²) in [7, 11) is 1.49. The second kappa shape index (κ2) is 9.26. The lowest BCUT2D eigenvalue weighted by Gasteiger charge is -2.41. The number of benzene rings is 2. The van der Waals surface area contributed by atoms with Crippen LogP contribution in [-0.2, 0) is 11.2 Å². The van der Waals surface area contributed by atoms with Crippen LogP contribution in [0.5, 0.6) is 11.5 Å². The monoisotopic (exact) mass is 586 g/mol. The first-order chi connectivity index (χ1) is 18.2. The molecule has 1 saturated heterocycles. The number of likely N-dealkylation sites (tertiary alicyclic amines) is 1. The van der Waals surface area contributed by atoms with Gasteiger partial charge in [0.25, 0.3) is 5.92 Å². The summed E-state index contributed by atoms with van der Waals surface area (Å²) in [6.07, 6.45) is 1.28. The molecule has 6 nitrogen and oxygen atoms in total. The van der Waals surface area contributed by atoms with Crippen LogP contribution in [0.2, 0.25) is 0 Å². The third kappa shape index (κ3) is 3.70. The van der Waals surface area contributed by atoms with E-state index in [0.717, 1.165) is 10.0 Å². The zero-order chi connectivity index (χ0) is 26.7. The number of hydrogen-bond acceptors (Lipinski definition) is 6. The van der Waals surface area contributed by atoms with Crippen LogP contribution in [0.15, 0.2) is 71.5 Å². The van der Waals surface area contributed by atoms with Crippen molar-refractivity contribution in [3.63, 3.8) is 0 Å². The highest BCUT2D eigenvalue weighted by Crippen LogP contribution is 2.69. The molecule has 2 fully saturated rings. The molecule has 1 aromatic heterocycles. The molecule has 200 valence electrons. The predicted octanol–water partition coefficient (Wildman–Crippen LogP) is 4.83. The lowest BCUT2D eigenvalue weighted by Crippen LogP contribution is -2.52. The summed E-state index contributed by atoms with van der Waals surface area (Å²) < 4.78 is 41.2. The zero-order valence-corrected chi connectivity index (χ0v) is 22.4. The molecular formula is C29H29BrF2N2O4. The molecule has 0 spiro atoms. The van der Waals surface area contributed by atoms with E-state index in [1.807, 2.05) is 59.5 Å². The second-order valence-electron chi connectivity index (χ2n) is 10.5. The van der Waals surface area contributed by atoms with Crippen molar-refractivity contribution in [3.05, 3.63) is 88.2 Å². The highest BCUT2D eigenvalue weighted by molar-refractivity contribution is 9.10. The van der Waals surface area contributed by atoms with Crippen LogP contribution < -0.4 is 9.47 Å². The molecule has 3 aliphatic rings. The Hall–Kier alpha value is -2.59. The molecule has 2 aromatic carbocycles. The molecule has 0 amide bonds. The summed E-state index contributed by atoms with van der Waals surface area (Å²) in [6.45, 7) is 0.752. The van der Waals surface area contributed by atoms with E-state index < -0.39 is 35.1 Å². The first-order valence-electron chi connectivity index (χ1n) is 12.7. The minimum absolute atomic E-state index is 0.214. The fourth-order valence-electron chi connectivity index (χ4n) is 6.79. The number of piperidine rings is 1. The summed E-state index contributed by atoms with van der Waals surface area (Å²) in [5.41, 5.74) is -1.44. The van der Waals surface area contributed by atoms with Gasteiger partial charge >= 0.3 is 0 Å². The maximum atomic E-state index is 14.0. The van der Waals surface area contributed by atoms with Gasteiger partial charge in [-0.1, -0.05) is 58.4 Å². The number of aliphatic hydroxyl groups excluding tert-OH is 1. The Kier molecular flexibility index (Phi) is 6.26. The summed E-state index contributed by atoms with van der Waals surface area (Å²) in [5, 5.41) is 25.0. The molecule has 0 radical (unpaired) electrons. The normalized spacial score (nSPS) is 31.9. The Labute approximate surface area is 228 Å². The minimum Gasteiger partial charge on any atom is -0.495 e. The van der Waals surface area contributed by atoms with Gasteiger partial charge in [0.2, 0.25) is 0 Å². The number of alkyl halides is 2. The Balaban J connectivity index is 1.56. The van der Waals surface area contributed by atoms with Crippen LogP contribution in [0.4, 0.5) is 8.78 Å². The Morgan fingerprint density at radius 1 is 1.08 bits per heavy atom. The van der Waals surface area contributed by atoms with Crippen LogP contribution in [-0.4, -0.2) is 58.9 Å².